The molecule has 21 heavy (non-hydrogen) atoms. The largest absolute Gasteiger partial charge is 0.506 e. The van der Waals surface area contributed by atoms with E-state index in [9.17, 15) is 19.8 Å². The van der Waals surface area contributed by atoms with Gasteiger partial charge in [-0.1, -0.05) is 12.8 Å². The third-order valence-corrected chi connectivity index (χ3v) is 3.54. The van der Waals surface area contributed by atoms with Gasteiger partial charge >= 0.3 is 12.0 Å². The fourth-order valence-corrected chi connectivity index (χ4v) is 2.38. The molecule has 1 saturated carbocycles. The average Bonchev–Trinajstić information content (AvgIpc) is 2.43. The first-order valence-electron chi connectivity index (χ1n) is 6.79. The topological polar surface area (TPSA) is 119 Å². The first-order chi connectivity index (χ1) is 9.97. The molecule has 0 aliphatic heterocycles. The zero-order chi connectivity index (χ0) is 15.4. The molecule has 2 rings (SSSR count). The van der Waals surface area contributed by atoms with Crippen molar-refractivity contribution in [3.8, 4) is 5.75 Å². The lowest BCUT2D eigenvalue weighted by atomic mass is 9.93. The second kappa shape index (κ2) is 6.45. The molecule has 5 N–H and O–H groups in total. The van der Waals surface area contributed by atoms with Crippen LogP contribution in [0.5, 0.6) is 5.75 Å². The Labute approximate surface area is 121 Å². The summed E-state index contributed by atoms with van der Waals surface area (Å²) in [6.45, 7) is 0. The number of aromatic carboxylic acids is 1. The Morgan fingerprint density at radius 2 is 1.90 bits per heavy atom. The Bertz CT molecular complexity index is 546. The van der Waals surface area contributed by atoms with Gasteiger partial charge in [-0.15, -0.1) is 0 Å². The molecule has 1 fully saturated rings. The highest BCUT2D eigenvalue weighted by atomic mass is 16.4. The smallest absolute Gasteiger partial charge is 0.335 e. The summed E-state index contributed by atoms with van der Waals surface area (Å²) in [5, 5.41) is 33.4. The number of aromatic hydroxyl groups is 1. The molecule has 0 heterocycles. The van der Waals surface area contributed by atoms with Crippen molar-refractivity contribution in [2.24, 2.45) is 0 Å². The van der Waals surface area contributed by atoms with Gasteiger partial charge in [0.1, 0.15) is 5.75 Å². The molecule has 114 valence electrons. The minimum absolute atomic E-state index is 0.0684. The Morgan fingerprint density at radius 1 is 1.19 bits per heavy atom. The number of nitrogens with one attached hydrogen (secondary N) is 2. The van der Waals surface area contributed by atoms with Gasteiger partial charge in [0.15, 0.2) is 0 Å². The van der Waals surface area contributed by atoms with Crippen molar-refractivity contribution in [2.75, 3.05) is 5.32 Å². The maximum absolute atomic E-state index is 11.8. The van der Waals surface area contributed by atoms with Crippen molar-refractivity contribution < 1.29 is 24.9 Å². The zero-order valence-electron chi connectivity index (χ0n) is 11.4. The predicted molar refractivity (Wildman–Crippen MR) is 75.5 cm³/mol. The summed E-state index contributed by atoms with van der Waals surface area (Å²) in [5.41, 5.74) is 0.0453. The standard InChI is InChI=1S/C14H18N2O5/c17-11-4-2-1-3-9(11)15-14(21)16-10-6-5-8(13(19)20)7-12(10)18/h5-7,9,11,17-18H,1-4H2,(H,19,20)(H2,15,16,21). The van der Waals surface area contributed by atoms with Crippen molar-refractivity contribution in [3.05, 3.63) is 23.8 Å². The minimum Gasteiger partial charge on any atom is -0.506 e. The summed E-state index contributed by atoms with van der Waals surface area (Å²) < 4.78 is 0. The lowest BCUT2D eigenvalue weighted by Crippen LogP contribution is -2.46. The lowest BCUT2D eigenvalue weighted by Gasteiger charge is -2.28. The third-order valence-electron chi connectivity index (χ3n) is 3.54. The molecule has 0 spiro atoms. The number of aliphatic hydroxyl groups excluding tert-OH is 1. The van der Waals surface area contributed by atoms with Crippen LogP contribution in [-0.4, -0.2) is 39.5 Å². The monoisotopic (exact) mass is 294 g/mol. The predicted octanol–water partition coefficient (Wildman–Crippen LogP) is 1.52. The van der Waals surface area contributed by atoms with Crippen LogP contribution in [-0.2, 0) is 0 Å². The molecule has 0 saturated heterocycles. The van der Waals surface area contributed by atoms with Gasteiger partial charge in [0.2, 0.25) is 0 Å². The highest BCUT2D eigenvalue weighted by Gasteiger charge is 2.24. The van der Waals surface area contributed by atoms with E-state index in [1.165, 1.54) is 12.1 Å². The van der Waals surface area contributed by atoms with Crippen LogP contribution in [0.25, 0.3) is 0 Å². The van der Waals surface area contributed by atoms with E-state index < -0.39 is 18.1 Å². The summed E-state index contributed by atoms with van der Waals surface area (Å²) in [5.74, 6) is -1.49. The lowest BCUT2D eigenvalue weighted by molar-refractivity contribution is 0.0696. The molecule has 7 heteroatoms. The number of amides is 2. The van der Waals surface area contributed by atoms with Gasteiger partial charge in [0.05, 0.1) is 23.4 Å². The summed E-state index contributed by atoms with van der Waals surface area (Å²) >= 11 is 0. The molecule has 1 aromatic carbocycles. The molecule has 2 atom stereocenters. The third kappa shape index (κ3) is 3.85. The number of aliphatic hydroxyl groups is 1. The van der Waals surface area contributed by atoms with E-state index in [0.717, 1.165) is 18.9 Å². The number of carbonyl (C=O) groups is 2. The number of hydrogen-bond donors (Lipinski definition) is 5. The quantitative estimate of drug-likeness (QED) is 0.541. The van der Waals surface area contributed by atoms with Crippen LogP contribution in [0.3, 0.4) is 0 Å². The molecule has 1 aliphatic carbocycles. The molecular formula is C14H18N2O5. The number of urea groups is 1. The van der Waals surface area contributed by atoms with Crippen LogP contribution >= 0.6 is 0 Å². The molecule has 1 aliphatic rings. The first-order valence-corrected chi connectivity index (χ1v) is 6.79. The zero-order valence-corrected chi connectivity index (χ0v) is 11.4. The minimum atomic E-state index is -1.16. The second-order valence-electron chi connectivity index (χ2n) is 5.09. The molecule has 0 bridgehead atoms. The number of hydrogen-bond acceptors (Lipinski definition) is 4. The van der Waals surface area contributed by atoms with Gasteiger partial charge in [-0.05, 0) is 31.0 Å². The van der Waals surface area contributed by atoms with Crippen LogP contribution in [0.2, 0.25) is 0 Å². The van der Waals surface area contributed by atoms with Gasteiger partial charge in [0.25, 0.3) is 0 Å². The molecule has 2 unspecified atom stereocenters. The summed E-state index contributed by atoms with van der Waals surface area (Å²) in [7, 11) is 0. The van der Waals surface area contributed by atoms with Crippen molar-refractivity contribution in [2.45, 2.75) is 37.8 Å². The SMILES string of the molecule is O=C(Nc1ccc(C(=O)O)cc1O)NC1CCCCC1O. The van der Waals surface area contributed by atoms with Crippen molar-refractivity contribution >= 4 is 17.7 Å². The van der Waals surface area contributed by atoms with Crippen LogP contribution in [0, 0.1) is 0 Å². The molecular weight excluding hydrogens is 276 g/mol. The van der Waals surface area contributed by atoms with Crippen LogP contribution in [0.1, 0.15) is 36.0 Å². The van der Waals surface area contributed by atoms with E-state index in [1.54, 1.807) is 0 Å². The summed E-state index contributed by atoms with van der Waals surface area (Å²) in [6.07, 6.45) is 2.69. The van der Waals surface area contributed by atoms with E-state index in [2.05, 4.69) is 10.6 Å². The molecule has 2 amide bonds. The number of carbonyl (C=O) groups excluding carboxylic acids is 1. The van der Waals surface area contributed by atoms with Gasteiger partial charge in [-0.2, -0.15) is 0 Å². The summed E-state index contributed by atoms with van der Waals surface area (Å²) in [4.78, 5) is 22.6. The normalized spacial score (nSPS) is 21.6. The van der Waals surface area contributed by atoms with E-state index in [1.807, 2.05) is 0 Å². The maximum Gasteiger partial charge on any atom is 0.335 e. The Kier molecular flexibility index (Phi) is 4.64. The Balaban J connectivity index is 1.97. The molecule has 7 nitrogen and oxygen atoms in total. The molecule has 1 aromatic rings. The van der Waals surface area contributed by atoms with Gasteiger partial charge in [0, 0.05) is 0 Å². The average molecular weight is 294 g/mol. The maximum atomic E-state index is 11.8. The number of benzene rings is 1. The van der Waals surface area contributed by atoms with Crippen LogP contribution < -0.4 is 10.6 Å². The number of anilines is 1. The number of phenolic OH excluding ortho intramolecular Hbond substituents is 1. The Morgan fingerprint density at radius 3 is 2.52 bits per heavy atom. The fourth-order valence-electron chi connectivity index (χ4n) is 2.38. The number of phenols is 1. The van der Waals surface area contributed by atoms with Crippen LogP contribution in [0.15, 0.2) is 18.2 Å². The fraction of sp³-hybridized carbons (Fsp3) is 0.429. The number of rotatable bonds is 3. The van der Waals surface area contributed by atoms with Gasteiger partial charge in [-0.25, -0.2) is 9.59 Å². The molecule has 0 aromatic heterocycles. The van der Waals surface area contributed by atoms with Crippen molar-refractivity contribution in [1.82, 2.24) is 5.32 Å². The molecule has 0 radical (unpaired) electrons. The van der Waals surface area contributed by atoms with Crippen molar-refractivity contribution in [1.29, 1.82) is 0 Å². The van der Waals surface area contributed by atoms with Gasteiger partial charge < -0.3 is 26.0 Å². The van der Waals surface area contributed by atoms with Crippen LogP contribution in [0.4, 0.5) is 10.5 Å². The van der Waals surface area contributed by atoms with E-state index in [4.69, 9.17) is 5.11 Å². The van der Waals surface area contributed by atoms with E-state index in [0.29, 0.717) is 12.8 Å². The van der Waals surface area contributed by atoms with Crippen molar-refractivity contribution in [3.63, 3.8) is 0 Å². The highest BCUT2D eigenvalue weighted by molar-refractivity contribution is 5.93. The summed E-state index contributed by atoms with van der Waals surface area (Å²) in [6, 6.07) is 2.81. The highest BCUT2D eigenvalue weighted by Crippen LogP contribution is 2.24. The van der Waals surface area contributed by atoms with Gasteiger partial charge in [-0.3, -0.25) is 0 Å². The Hall–Kier alpha value is -2.28. The number of carboxylic acid groups (broad SMARTS) is 1. The second-order valence-corrected chi connectivity index (χ2v) is 5.09. The van der Waals surface area contributed by atoms with E-state index in [-0.39, 0.29) is 23.0 Å². The first kappa shape index (κ1) is 15.1. The van der Waals surface area contributed by atoms with E-state index >= 15 is 0 Å². The number of carboxylic acids is 1.